The SMILES string of the molecule is O=C(O)[C@@H]1[C@H]2CC[C@@H](CN1C(=O)NCc1ccccc1)N2C(=O)C(c1ccccc1)c1ccccc1. The molecule has 2 aliphatic heterocycles. The monoisotopic (exact) mass is 483 g/mol. The van der Waals surface area contributed by atoms with Crippen LogP contribution in [0.5, 0.6) is 0 Å². The Morgan fingerprint density at radius 2 is 1.39 bits per heavy atom. The second-order valence-corrected chi connectivity index (χ2v) is 9.38. The first-order valence-electron chi connectivity index (χ1n) is 12.3. The molecule has 2 N–H and O–H groups in total. The maximum atomic E-state index is 14.1. The summed E-state index contributed by atoms with van der Waals surface area (Å²) in [6.07, 6.45) is 1.21. The van der Waals surface area contributed by atoms with Crippen LogP contribution >= 0.6 is 0 Å². The lowest BCUT2D eigenvalue weighted by molar-refractivity contribution is -0.151. The van der Waals surface area contributed by atoms with Crippen molar-refractivity contribution in [3.63, 3.8) is 0 Å². The maximum Gasteiger partial charge on any atom is 0.328 e. The first kappa shape index (κ1) is 23.6. The number of hydrogen-bond donors (Lipinski definition) is 2. The van der Waals surface area contributed by atoms with Gasteiger partial charge in [0.15, 0.2) is 6.04 Å². The Morgan fingerprint density at radius 1 is 0.833 bits per heavy atom. The molecule has 7 nitrogen and oxygen atoms in total. The molecule has 5 rings (SSSR count). The molecule has 3 aromatic rings. The molecule has 2 aliphatic rings. The van der Waals surface area contributed by atoms with Crippen LogP contribution in [0.25, 0.3) is 0 Å². The molecule has 0 radical (unpaired) electrons. The summed E-state index contributed by atoms with van der Waals surface area (Å²) in [6, 6.07) is 26.3. The van der Waals surface area contributed by atoms with Crippen LogP contribution in [-0.2, 0) is 16.1 Å². The van der Waals surface area contributed by atoms with Crippen LogP contribution < -0.4 is 5.32 Å². The maximum absolute atomic E-state index is 14.1. The van der Waals surface area contributed by atoms with Crippen LogP contribution in [0.4, 0.5) is 4.79 Å². The van der Waals surface area contributed by atoms with Gasteiger partial charge >= 0.3 is 12.0 Å². The average Bonchev–Trinajstić information content (AvgIpc) is 3.21. The quantitative estimate of drug-likeness (QED) is 0.557. The lowest BCUT2D eigenvalue weighted by atomic mass is 9.88. The van der Waals surface area contributed by atoms with E-state index >= 15 is 0 Å². The van der Waals surface area contributed by atoms with Crippen molar-refractivity contribution in [3.05, 3.63) is 108 Å². The number of amides is 3. The number of carboxylic acid groups (broad SMARTS) is 1. The van der Waals surface area contributed by atoms with Gasteiger partial charge < -0.3 is 20.2 Å². The van der Waals surface area contributed by atoms with Crippen molar-refractivity contribution in [2.24, 2.45) is 0 Å². The zero-order chi connectivity index (χ0) is 25.1. The van der Waals surface area contributed by atoms with Gasteiger partial charge in [0.1, 0.15) is 0 Å². The highest BCUT2D eigenvalue weighted by Crippen LogP contribution is 2.38. The van der Waals surface area contributed by atoms with Gasteiger partial charge in [-0.3, -0.25) is 4.79 Å². The normalized spacial score (nSPS) is 20.9. The van der Waals surface area contributed by atoms with Crippen molar-refractivity contribution in [3.8, 4) is 0 Å². The topological polar surface area (TPSA) is 89.9 Å². The van der Waals surface area contributed by atoms with Gasteiger partial charge in [0.2, 0.25) is 5.91 Å². The molecule has 36 heavy (non-hydrogen) atoms. The predicted octanol–water partition coefficient (Wildman–Crippen LogP) is 3.86. The minimum Gasteiger partial charge on any atom is -0.480 e. The Labute approximate surface area is 210 Å². The third-order valence-corrected chi connectivity index (χ3v) is 7.22. The summed E-state index contributed by atoms with van der Waals surface area (Å²) in [5, 5.41) is 13.0. The number of nitrogens with zero attached hydrogens (tertiary/aromatic N) is 2. The third-order valence-electron chi connectivity index (χ3n) is 7.22. The number of rotatable bonds is 6. The Kier molecular flexibility index (Phi) is 6.71. The Bertz CT molecular complexity index is 1180. The first-order valence-corrected chi connectivity index (χ1v) is 12.3. The molecule has 3 aromatic carbocycles. The van der Waals surface area contributed by atoms with Gasteiger partial charge in [-0.2, -0.15) is 0 Å². The van der Waals surface area contributed by atoms with Crippen LogP contribution in [0, 0.1) is 0 Å². The number of carboxylic acids is 1. The molecule has 3 atom stereocenters. The van der Waals surface area contributed by atoms with E-state index in [0.29, 0.717) is 19.4 Å². The fourth-order valence-corrected chi connectivity index (χ4v) is 5.59. The number of carbonyl (C=O) groups is 3. The summed E-state index contributed by atoms with van der Waals surface area (Å²) < 4.78 is 0. The third kappa shape index (κ3) is 4.56. The second kappa shape index (κ2) is 10.2. The molecule has 2 fully saturated rings. The van der Waals surface area contributed by atoms with Gasteiger partial charge in [0.25, 0.3) is 0 Å². The summed E-state index contributed by atoms with van der Waals surface area (Å²) >= 11 is 0. The molecule has 0 spiro atoms. The molecule has 3 amide bonds. The van der Waals surface area contributed by atoms with Crippen molar-refractivity contribution in [2.75, 3.05) is 6.54 Å². The van der Waals surface area contributed by atoms with Gasteiger partial charge in [0.05, 0.1) is 12.0 Å². The Morgan fingerprint density at radius 3 is 1.94 bits per heavy atom. The van der Waals surface area contributed by atoms with Gasteiger partial charge in [-0.1, -0.05) is 91.0 Å². The van der Waals surface area contributed by atoms with Crippen LogP contribution in [-0.4, -0.2) is 57.5 Å². The molecule has 7 heteroatoms. The molecular weight excluding hydrogens is 454 g/mol. The van der Waals surface area contributed by atoms with Gasteiger partial charge in [-0.05, 0) is 29.5 Å². The number of fused-ring (bicyclic) bond motifs is 2. The molecule has 0 aromatic heterocycles. The minimum atomic E-state index is -1.10. The number of likely N-dealkylation sites (tertiary alicyclic amines) is 1. The number of aliphatic carboxylic acids is 1. The first-order chi connectivity index (χ1) is 17.5. The highest BCUT2D eigenvalue weighted by Gasteiger charge is 2.53. The number of piperazine rings is 1. The number of carbonyl (C=O) groups excluding carboxylic acids is 2. The van der Waals surface area contributed by atoms with Crippen LogP contribution in [0.15, 0.2) is 91.0 Å². The number of benzene rings is 3. The summed E-state index contributed by atoms with van der Waals surface area (Å²) in [4.78, 5) is 42.8. The number of nitrogens with one attached hydrogen (secondary N) is 1. The van der Waals surface area contributed by atoms with Crippen LogP contribution in [0.2, 0.25) is 0 Å². The molecular formula is C29H29N3O4. The minimum absolute atomic E-state index is 0.115. The lowest BCUT2D eigenvalue weighted by Gasteiger charge is -2.46. The van der Waals surface area contributed by atoms with E-state index in [1.165, 1.54) is 4.90 Å². The van der Waals surface area contributed by atoms with Gasteiger partial charge in [-0.25, -0.2) is 9.59 Å². The largest absolute Gasteiger partial charge is 0.480 e. The number of hydrogen-bond acceptors (Lipinski definition) is 3. The summed E-state index contributed by atoms with van der Waals surface area (Å²) in [7, 11) is 0. The molecule has 2 heterocycles. The molecule has 2 bridgehead atoms. The Balaban J connectivity index is 1.41. The van der Waals surface area contributed by atoms with Crippen molar-refractivity contribution in [1.29, 1.82) is 0 Å². The summed E-state index contributed by atoms with van der Waals surface area (Å²) in [5.41, 5.74) is 2.66. The van der Waals surface area contributed by atoms with E-state index in [2.05, 4.69) is 5.32 Å². The zero-order valence-corrected chi connectivity index (χ0v) is 19.9. The van der Waals surface area contributed by atoms with E-state index in [1.807, 2.05) is 91.0 Å². The van der Waals surface area contributed by atoms with Crippen LogP contribution in [0.1, 0.15) is 35.4 Å². The standard InChI is InChI=1S/C29H29N3O4/c33-27(25(21-12-6-2-7-13-21)22-14-8-3-9-15-22)32-23-16-17-24(32)26(28(34)35)31(19-23)29(36)30-18-20-10-4-1-5-11-20/h1-15,23-26H,16-19H2,(H,30,36)(H,34,35)/t23-,24+,26-/m0/s1. The molecule has 0 saturated carbocycles. The van der Waals surface area contributed by atoms with E-state index in [1.54, 1.807) is 4.90 Å². The van der Waals surface area contributed by atoms with Gasteiger partial charge in [-0.15, -0.1) is 0 Å². The molecule has 0 aliphatic carbocycles. The highest BCUT2D eigenvalue weighted by atomic mass is 16.4. The molecule has 0 unspecified atom stereocenters. The second-order valence-electron chi connectivity index (χ2n) is 9.38. The van der Waals surface area contributed by atoms with Crippen molar-refractivity contribution in [1.82, 2.24) is 15.1 Å². The fraction of sp³-hybridized carbons (Fsp3) is 0.276. The molecule has 184 valence electrons. The predicted molar refractivity (Wildman–Crippen MR) is 135 cm³/mol. The van der Waals surface area contributed by atoms with Crippen molar-refractivity contribution >= 4 is 17.9 Å². The van der Waals surface area contributed by atoms with E-state index in [-0.39, 0.29) is 18.5 Å². The Hall–Kier alpha value is -4.13. The summed E-state index contributed by atoms with van der Waals surface area (Å²) in [6.45, 7) is 0.501. The zero-order valence-electron chi connectivity index (χ0n) is 19.9. The lowest BCUT2D eigenvalue weighted by Crippen LogP contribution is -2.66. The van der Waals surface area contributed by atoms with Crippen molar-refractivity contribution in [2.45, 2.75) is 43.4 Å². The average molecular weight is 484 g/mol. The van der Waals surface area contributed by atoms with Crippen molar-refractivity contribution < 1.29 is 19.5 Å². The van der Waals surface area contributed by atoms with E-state index in [9.17, 15) is 19.5 Å². The summed E-state index contributed by atoms with van der Waals surface area (Å²) in [5.74, 6) is -1.75. The van der Waals surface area contributed by atoms with Gasteiger partial charge in [0, 0.05) is 19.1 Å². The highest BCUT2D eigenvalue weighted by molar-refractivity contribution is 5.90. The smallest absolute Gasteiger partial charge is 0.328 e. The van der Waals surface area contributed by atoms with E-state index in [0.717, 1.165) is 16.7 Å². The number of urea groups is 1. The fourth-order valence-electron chi connectivity index (χ4n) is 5.59. The van der Waals surface area contributed by atoms with E-state index < -0.39 is 30.0 Å². The van der Waals surface area contributed by atoms with E-state index in [4.69, 9.17) is 0 Å². The molecule has 2 saturated heterocycles. The van der Waals surface area contributed by atoms with Crippen LogP contribution in [0.3, 0.4) is 0 Å².